The molecule has 5 nitrogen and oxygen atoms in total. The molecule has 0 radical (unpaired) electrons. The van der Waals surface area contributed by atoms with Gasteiger partial charge in [-0.05, 0) is 50.2 Å². The third kappa shape index (κ3) is 5.71. The fourth-order valence-corrected chi connectivity index (χ4v) is 5.28. The first-order valence-corrected chi connectivity index (χ1v) is 10.2. The monoisotopic (exact) mass is 464 g/mol. The maximum atomic E-state index is 12.7. The van der Waals surface area contributed by atoms with Crippen molar-refractivity contribution in [2.45, 2.75) is 38.3 Å². The summed E-state index contributed by atoms with van der Waals surface area (Å²) >= 11 is 0. The quantitative estimate of drug-likeness (QED) is 0.702. The number of anilines is 1. The van der Waals surface area contributed by atoms with Gasteiger partial charge in [-0.3, -0.25) is 9.69 Å². The van der Waals surface area contributed by atoms with Gasteiger partial charge in [0, 0.05) is 50.5 Å². The van der Waals surface area contributed by atoms with E-state index in [4.69, 9.17) is 5.73 Å². The number of nitrogens with zero attached hydrogens (tertiary/aromatic N) is 2. The molecule has 3 aliphatic rings. The number of para-hydroxylation sites is 1. The van der Waals surface area contributed by atoms with E-state index in [1.165, 1.54) is 18.5 Å². The fraction of sp³-hybridized carbons (Fsp3) is 0.667. The Balaban J connectivity index is 0.00000140. The molecule has 8 heteroatoms. The van der Waals surface area contributed by atoms with Crippen LogP contribution in [0.3, 0.4) is 0 Å². The minimum absolute atomic E-state index is 0. The summed E-state index contributed by atoms with van der Waals surface area (Å²) in [5.41, 5.74) is 7.61. The molecule has 0 aromatic heterocycles. The minimum Gasteiger partial charge on any atom is -0.369 e. The van der Waals surface area contributed by atoms with E-state index in [-0.39, 0.29) is 55.1 Å². The second-order valence-corrected chi connectivity index (χ2v) is 8.39. The number of rotatable bonds is 5. The van der Waals surface area contributed by atoms with Gasteiger partial charge in [0.2, 0.25) is 5.91 Å². The Labute approximate surface area is 193 Å². The molecule has 1 amide bonds. The lowest BCUT2D eigenvalue weighted by molar-refractivity contribution is -0.127. The highest BCUT2D eigenvalue weighted by Gasteiger charge is 2.49. The molecule has 1 aliphatic heterocycles. The van der Waals surface area contributed by atoms with Crippen molar-refractivity contribution < 1.29 is 4.79 Å². The summed E-state index contributed by atoms with van der Waals surface area (Å²) in [5, 5.41) is 3.21. The average molecular weight is 466 g/mol. The SMILES string of the molecule is CC(CNC(=O)C1C2CCC(C2)C1N)N1CCN(c2ccccc2)CC1.Cl.Cl.Cl. The van der Waals surface area contributed by atoms with E-state index in [0.29, 0.717) is 17.9 Å². The molecule has 3 N–H and O–H groups in total. The minimum atomic E-state index is 0. The number of hydrogen-bond donors (Lipinski definition) is 2. The Kier molecular flexibility index (Phi) is 10.5. The van der Waals surface area contributed by atoms with E-state index < -0.39 is 0 Å². The number of carbonyl (C=O) groups is 1. The van der Waals surface area contributed by atoms with Gasteiger partial charge in [-0.1, -0.05) is 18.2 Å². The fourth-order valence-electron chi connectivity index (χ4n) is 5.28. The topological polar surface area (TPSA) is 61.6 Å². The lowest BCUT2D eigenvalue weighted by Gasteiger charge is -2.39. The summed E-state index contributed by atoms with van der Waals surface area (Å²) < 4.78 is 0. The van der Waals surface area contributed by atoms with E-state index >= 15 is 0 Å². The van der Waals surface area contributed by atoms with Crippen molar-refractivity contribution >= 4 is 48.8 Å². The second-order valence-electron chi connectivity index (χ2n) is 8.39. The molecular formula is C21H35Cl3N4O. The lowest BCUT2D eigenvalue weighted by Crippen LogP contribution is -2.53. The normalized spacial score (nSPS) is 29.2. The van der Waals surface area contributed by atoms with Crippen molar-refractivity contribution in [1.29, 1.82) is 0 Å². The first-order chi connectivity index (χ1) is 12.6. The summed E-state index contributed by atoms with van der Waals surface area (Å²) in [6.07, 6.45) is 3.57. The molecule has 166 valence electrons. The summed E-state index contributed by atoms with van der Waals surface area (Å²) in [6.45, 7) is 7.11. The number of benzene rings is 1. The number of hydrogen-bond acceptors (Lipinski definition) is 4. The Morgan fingerprint density at radius 1 is 1.07 bits per heavy atom. The van der Waals surface area contributed by atoms with Gasteiger partial charge in [0.05, 0.1) is 5.92 Å². The van der Waals surface area contributed by atoms with Gasteiger partial charge in [-0.15, -0.1) is 37.2 Å². The summed E-state index contributed by atoms with van der Waals surface area (Å²) in [6, 6.07) is 11.1. The third-order valence-electron chi connectivity index (χ3n) is 6.91. The summed E-state index contributed by atoms with van der Waals surface area (Å²) in [7, 11) is 0. The molecule has 1 aromatic rings. The van der Waals surface area contributed by atoms with Crippen LogP contribution in [0.1, 0.15) is 26.2 Å². The number of fused-ring (bicyclic) bond motifs is 2. The molecule has 1 heterocycles. The van der Waals surface area contributed by atoms with E-state index in [2.05, 4.69) is 52.4 Å². The Bertz CT molecular complexity index is 626. The van der Waals surface area contributed by atoms with Gasteiger partial charge in [-0.2, -0.15) is 0 Å². The van der Waals surface area contributed by atoms with Crippen LogP contribution in [0.2, 0.25) is 0 Å². The molecule has 29 heavy (non-hydrogen) atoms. The number of amides is 1. The number of piperazine rings is 1. The zero-order valence-corrected chi connectivity index (χ0v) is 19.5. The molecule has 2 bridgehead atoms. The van der Waals surface area contributed by atoms with Crippen molar-refractivity contribution in [3.8, 4) is 0 Å². The van der Waals surface area contributed by atoms with Crippen LogP contribution in [0.4, 0.5) is 5.69 Å². The van der Waals surface area contributed by atoms with Crippen molar-refractivity contribution in [3.05, 3.63) is 30.3 Å². The predicted molar refractivity (Wildman–Crippen MR) is 127 cm³/mol. The van der Waals surface area contributed by atoms with Crippen LogP contribution in [-0.2, 0) is 4.79 Å². The van der Waals surface area contributed by atoms with Crippen molar-refractivity contribution in [3.63, 3.8) is 0 Å². The van der Waals surface area contributed by atoms with E-state index in [0.717, 1.165) is 39.1 Å². The standard InChI is InChI=1S/C21H32N4O.3ClH/c1-15(14-23-21(26)19-16-7-8-17(13-16)20(19)22)24-9-11-25(12-10-24)18-5-3-2-4-6-18;;;/h2-6,15-17,19-20H,7-14,22H2,1H3,(H,23,26);3*1H. The number of nitrogens with two attached hydrogens (primary N) is 1. The zero-order valence-electron chi connectivity index (χ0n) is 17.0. The summed E-state index contributed by atoms with van der Waals surface area (Å²) in [4.78, 5) is 17.6. The Hall–Kier alpha value is -0.720. The van der Waals surface area contributed by atoms with Crippen LogP contribution in [0.15, 0.2) is 30.3 Å². The first kappa shape index (κ1) is 26.3. The first-order valence-electron chi connectivity index (χ1n) is 10.2. The maximum absolute atomic E-state index is 12.7. The molecule has 0 spiro atoms. The molecule has 2 saturated carbocycles. The molecule has 3 fully saturated rings. The Morgan fingerprint density at radius 2 is 1.69 bits per heavy atom. The van der Waals surface area contributed by atoms with E-state index in [1.807, 2.05) is 0 Å². The number of nitrogens with one attached hydrogen (secondary N) is 1. The largest absolute Gasteiger partial charge is 0.369 e. The molecule has 2 aliphatic carbocycles. The van der Waals surface area contributed by atoms with Crippen LogP contribution >= 0.6 is 37.2 Å². The third-order valence-corrected chi connectivity index (χ3v) is 6.91. The van der Waals surface area contributed by atoms with Gasteiger partial charge in [0.25, 0.3) is 0 Å². The highest BCUT2D eigenvalue weighted by molar-refractivity contribution is 5.86. The molecule has 1 aromatic carbocycles. The average Bonchev–Trinajstić information content (AvgIpc) is 3.28. The predicted octanol–water partition coefficient (Wildman–Crippen LogP) is 2.95. The van der Waals surface area contributed by atoms with Crippen LogP contribution < -0.4 is 16.0 Å². The smallest absolute Gasteiger partial charge is 0.225 e. The number of halogens is 3. The van der Waals surface area contributed by atoms with E-state index in [9.17, 15) is 4.79 Å². The van der Waals surface area contributed by atoms with Crippen molar-refractivity contribution in [2.75, 3.05) is 37.6 Å². The van der Waals surface area contributed by atoms with Gasteiger partial charge in [0.15, 0.2) is 0 Å². The van der Waals surface area contributed by atoms with Gasteiger partial charge in [-0.25, -0.2) is 0 Å². The summed E-state index contributed by atoms with van der Waals surface area (Å²) in [5.74, 6) is 1.36. The zero-order chi connectivity index (χ0) is 18.1. The van der Waals surface area contributed by atoms with E-state index in [1.54, 1.807) is 0 Å². The molecule has 5 unspecified atom stereocenters. The van der Waals surface area contributed by atoms with Crippen molar-refractivity contribution in [1.82, 2.24) is 10.2 Å². The van der Waals surface area contributed by atoms with Crippen LogP contribution in [0.5, 0.6) is 0 Å². The van der Waals surface area contributed by atoms with Crippen LogP contribution in [0, 0.1) is 17.8 Å². The van der Waals surface area contributed by atoms with Gasteiger partial charge in [0.1, 0.15) is 0 Å². The van der Waals surface area contributed by atoms with Crippen LogP contribution in [-0.4, -0.2) is 55.6 Å². The molecular weight excluding hydrogens is 431 g/mol. The molecule has 4 rings (SSSR count). The molecule has 5 atom stereocenters. The molecule has 1 saturated heterocycles. The van der Waals surface area contributed by atoms with Gasteiger partial charge >= 0.3 is 0 Å². The lowest BCUT2D eigenvalue weighted by atomic mass is 9.84. The number of carbonyl (C=O) groups excluding carboxylic acids is 1. The second kappa shape index (κ2) is 11.6. The highest BCUT2D eigenvalue weighted by atomic mass is 35.5. The highest BCUT2D eigenvalue weighted by Crippen LogP contribution is 2.47. The van der Waals surface area contributed by atoms with Crippen molar-refractivity contribution in [2.24, 2.45) is 23.5 Å². The van der Waals surface area contributed by atoms with Crippen LogP contribution in [0.25, 0.3) is 0 Å². The maximum Gasteiger partial charge on any atom is 0.225 e. The Morgan fingerprint density at radius 3 is 2.28 bits per heavy atom. The van der Waals surface area contributed by atoms with Gasteiger partial charge < -0.3 is 16.0 Å².